The van der Waals surface area contributed by atoms with Crippen molar-refractivity contribution in [3.63, 3.8) is 0 Å². The number of carbonyl (C=O) groups is 2. The van der Waals surface area contributed by atoms with Gasteiger partial charge in [-0.15, -0.1) is 0 Å². The first kappa shape index (κ1) is 23.5. The zero-order valence-electron chi connectivity index (χ0n) is 17.1. The molecule has 34 heavy (non-hydrogen) atoms. The number of hydrogen-bond donors (Lipinski definition) is 1. The molecule has 0 aromatic heterocycles. The van der Waals surface area contributed by atoms with Gasteiger partial charge < -0.3 is 4.74 Å². The molecule has 5 nitrogen and oxygen atoms in total. The zero-order valence-corrected chi connectivity index (χ0v) is 18.7. The van der Waals surface area contributed by atoms with Gasteiger partial charge in [0.1, 0.15) is 17.1 Å². The van der Waals surface area contributed by atoms with Crippen LogP contribution < -0.4 is 15.0 Å². The number of halogens is 4. The van der Waals surface area contributed by atoms with E-state index in [0.29, 0.717) is 17.2 Å². The van der Waals surface area contributed by atoms with Crippen LogP contribution in [0.4, 0.5) is 18.9 Å². The van der Waals surface area contributed by atoms with E-state index >= 15 is 0 Å². The van der Waals surface area contributed by atoms with E-state index in [2.05, 4.69) is 5.32 Å². The molecule has 0 spiro atoms. The molecule has 1 N–H and O–H groups in total. The minimum absolute atomic E-state index is 0.130. The molecule has 3 aromatic carbocycles. The third-order valence-corrected chi connectivity index (χ3v) is 5.38. The summed E-state index contributed by atoms with van der Waals surface area (Å²) in [5.74, 6) is -0.357. The van der Waals surface area contributed by atoms with Crippen LogP contribution in [0.25, 0.3) is 6.08 Å². The number of anilines is 1. The molecule has 1 fully saturated rings. The van der Waals surface area contributed by atoms with Crippen molar-refractivity contribution in [1.29, 1.82) is 0 Å². The minimum Gasteiger partial charge on any atom is -0.457 e. The van der Waals surface area contributed by atoms with E-state index in [4.69, 9.17) is 28.6 Å². The lowest BCUT2D eigenvalue weighted by Gasteiger charge is -2.29. The van der Waals surface area contributed by atoms with Gasteiger partial charge in [-0.1, -0.05) is 35.9 Å². The Bertz CT molecular complexity index is 1310. The predicted molar refractivity (Wildman–Crippen MR) is 126 cm³/mol. The molecule has 3 aromatic rings. The molecule has 4 rings (SSSR count). The SMILES string of the molecule is O=C1NC(=S)N(c2ccc(Oc3ccccc3)cc2)C(=O)/C1=C/c1ccc(C(F)(F)F)c(Cl)c1. The fourth-order valence-electron chi connectivity index (χ4n) is 3.20. The third kappa shape index (κ3) is 4.95. The molecule has 1 aliphatic heterocycles. The quantitative estimate of drug-likeness (QED) is 0.271. The largest absolute Gasteiger partial charge is 0.457 e. The van der Waals surface area contributed by atoms with Gasteiger partial charge in [0.25, 0.3) is 11.8 Å². The lowest BCUT2D eigenvalue weighted by atomic mass is 10.1. The molecule has 0 bridgehead atoms. The van der Waals surface area contributed by atoms with E-state index in [-0.39, 0.29) is 16.2 Å². The highest BCUT2D eigenvalue weighted by molar-refractivity contribution is 7.80. The van der Waals surface area contributed by atoms with Gasteiger partial charge in [-0.2, -0.15) is 13.2 Å². The first-order chi connectivity index (χ1) is 16.1. The lowest BCUT2D eigenvalue weighted by molar-refractivity contribution is -0.137. The number of para-hydroxylation sites is 1. The number of rotatable bonds is 4. The van der Waals surface area contributed by atoms with Crippen LogP contribution in [0.5, 0.6) is 11.5 Å². The average molecular weight is 503 g/mol. The van der Waals surface area contributed by atoms with Gasteiger partial charge in [0.2, 0.25) is 0 Å². The van der Waals surface area contributed by atoms with Crippen LogP contribution in [0.2, 0.25) is 5.02 Å². The van der Waals surface area contributed by atoms with Crippen molar-refractivity contribution in [2.75, 3.05) is 4.90 Å². The van der Waals surface area contributed by atoms with Crippen molar-refractivity contribution >= 4 is 52.5 Å². The number of carbonyl (C=O) groups excluding carboxylic acids is 2. The van der Waals surface area contributed by atoms with Crippen molar-refractivity contribution in [1.82, 2.24) is 5.32 Å². The Balaban J connectivity index is 1.60. The molecular formula is C24H14ClF3N2O3S. The Kier molecular flexibility index (Phi) is 6.41. The van der Waals surface area contributed by atoms with Gasteiger partial charge in [0.05, 0.1) is 16.3 Å². The Morgan fingerprint density at radius 1 is 0.941 bits per heavy atom. The summed E-state index contributed by atoms with van der Waals surface area (Å²) in [5, 5.41) is 1.74. The summed E-state index contributed by atoms with van der Waals surface area (Å²) in [6.07, 6.45) is -3.47. The Labute approximate surface area is 202 Å². The number of thiocarbonyl (C=S) groups is 1. The Morgan fingerprint density at radius 2 is 1.59 bits per heavy atom. The number of hydrogen-bond acceptors (Lipinski definition) is 4. The molecule has 1 saturated heterocycles. The van der Waals surface area contributed by atoms with E-state index in [1.54, 1.807) is 36.4 Å². The van der Waals surface area contributed by atoms with Crippen LogP contribution in [0.15, 0.2) is 78.4 Å². The zero-order chi connectivity index (χ0) is 24.5. The molecule has 0 unspecified atom stereocenters. The number of alkyl halides is 3. The lowest BCUT2D eigenvalue weighted by Crippen LogP contribution is -2.54. The average Bonchev–Trinajstić information content (AvgIpc) is 2.77. The maximum absolute atomic E-state index is 13.1. The molecule has 0 radical (unpaired) electrons. The van der Waals surface area contributed by atoms with Gasteiger partial charge in [-0.25, -0.2) is 0 Å². The molecule has 0 atom stereocenters. The normalized spacial score (nSPS) is 15.5. The van der Waals surface area contributed by atoms with Crippen molar-refractivity contribution < 1.29 is 27.5 Å². The first-order valence-corrected chi connectivity index (χ1v) is 10.5. The van der Waals surface area contributed by atoms with Crippen LogP contribution in [0.3, 0.4) is 0 Å². The highest BCUT2D eigenvalue weighted by Crippen LogP contribution is 2.35. The van der Waals surface area contributed by atoms with E-state index in [9.17, 15) is 22.8 Å². The van der Waals surface area contributed by atoms with Crippen LogP contribution in [-0.2, 0) is 15.8 Å². The highest BCUT2D eigenvalue weighted by Gasteiger charge is 2.35. The fraction of sp³-hybridized carbons (Fsp3) is 0.0417. The second kappa shape index (κ2) is 9.28. The van der Waals surface area contributed by atoms with Gasteiger partial charge in [-0.3, -0.25) is 19.8 Å². The Hall–Kier alpha value is -3.69. The number of benzene rings is 3. The summed E-state index contributed by atoms with van der Waals surface area (Å²) >= 11 is 10.9. The number of nitrogens with one attached hydrogen (secondary N) is 1. The molecule has 2 amide bonds. The smallest absolute Gasteiger partial charge is 0.417 e. The van der Waals surface area contributed by atoms with Crippen LogP contribution in [0, 0.1) is 0 Å². The maximum atomic E-state index is 13.1. The van der Waals surface area contributed by atoms with Crippen molar-refractivity contribution in [2.24, 2.45) is 0 Å². The van der Waals surface area contributed by atoms with Crippen molar-refractivity contribution in [2.45, 2.75) is 6.18 Å². The van der Waals surface area contributed by atoms with Crippen LogP contribution in [0.1, 0.15) is 11.1 Å². The van der Waals surface area contributed by atoms with Crippen molar-refractivity contribution in [3.8, 4) is 11.5 Å². The minimum atomic E-state index is -4.62. The Morgan fingerprint density at radius 3 is 2.21 bits per heavy atom. The van der Waals surface area contributed by atoms with E-state index in [1.807, 2.05) is 18.2 Å². The molecule has 1 heterocycles. The topological polar surface area (TPSA) is 58.6 Å². The van der Waals surface area contributed by atoms with Gasteiger partial charge in [0.15, 0.2) is 5.11 Å². The molecule has 0 aliphatic carbocycles. The van der Waals surface area contributed by atoms with E-state index in [0.717, 1.165) is 29.2 Å². The monoisotopic (exact) mass is 502 g/mol. The van der Waals surface area contributed by atoms with E-state index < -0.39 is 28.6 Å². The van der Waals surface area contributed by atoms with Crippen LogP contribution >= 0.6 is 23.8 Å². The highest BCUT2D eigenvalue weighted by atomic mass is 35.5. The summed E-state index contributed by atoms with van der Waals surface area (Å²) in [5.41, 5.74) is -0.812. The van der Waals surface area contributed by atoms with Gasteiger partial charge in [0, 0.05) is 0 Å². The predicted octanol–water partition coefficient (Wildman–Crippen LogP) is 5.98. The van der Waals surface area contributed by atoms with Gasteiger partial charge in [-0.05, 0) is 72.4 Å². The molecule has 10 heteroatoms. The van der Waals surface area contributed by atoms with E-state index in [1.165, 1.54) is 0 Å². The molecule has 0 saturated carbocycles. The number of ether oxygens (including phenoxy) is 1. The third-order valence-electron chi connectivity index (χ3n) is 4.79. The maximum Gasteiger partial charge on any atom is 0.417 e. The number of amides is 2. The van der Waals surface area contributed by atoms with Crippen molar-refractivity contribution in [3.05, 3.63) is 94.5 Å². The standard InChI is InChI=1S/C24H14ClF3N2O3S/c25-20-13-14(6-11-19(20)24(26,27)28)12-18-21(31)29-23(34)30(22(18)32)15-7-9-17(10-8-15)33-16-4-2-1-3-5-16/h1-13H,(H,29,31,34)/b18-12+. The number of nitrogens with zero attached hydrogens (tertiary/aromatic N) is 1. The summed E-state index contributed by atoms with van der Waals surface area (Å²) in [6.45, 7) is 0. The van der Waals surface area contributed by atoms with Crippen LogP contribution in [-0.4, -0.2) is 16.9 Å². The molecule has 1 aliphatic rings. The summed E-state index contributed by atoms with van der Waals surface area (Å²) in [4.78, 5) is 26.6. The molecular weight excluding hydrogens is 489 g/mol. The first-order valence-electron chi connectivity index (χ1n) is 9.74. The second-order valence-electron chi connectivity index (χ2n) is 7.10. The van der Waals surface area contributed by atoms with Gasteiger partial charge >= 0.3 is 6.18 Å². The summed E-state index contributed by atoms with van der Waals surface area (Å²) < 4.78 is 44.6. The molecule has 172 valence electrons. The second-order valence-corrected chi connectivity index (χ2v) is 7.90. The summed E-state index contributed by atoms with van der Waals surface area (Å²) in [7, 11) is 0. The summed E-state index contributed by atoms with van der Waals surface area (Å²) in [6, 6.07) is 18.5. The fourth-order valence-corrected chi connectivity index (χ4v) is 3.77.